The number of hydrogen-bond acceptors (Lipinski definition) is 4. The molecule has 0 bridgehead atoms. The summed E-state index contributed by atoms with van der Waals surface area (Å²) >= 11 is 0. The van der Waals surface area contributed by atoms with Crippen LogP contribution in [0.5, 0.6) is 0 Å². The predicted molar refractivity (Wildman–Crippen MR) is 85.7 cm³/mol. The van der Waals surface area contributed by atoms with Gasteiger partial charge in [-0.2, -0.15) is 0 Å². The molecule has 2 rings (SSSR count). The zero-order valence-corrected chi connectivity index (χ0v) is 14.2. The van der Waals surface area contributed by atoms with Crippen molar-refractivity contribution >= 4 is 29.9 Å². The van der Waals surface area contributed by atoms with Gasteiger partial charge in [-0.25, -0.2) is 0 Å². The average Bonchev–Trinajstić information content (AvgIpc) is 2.28. The van der Waals surface area contributed by atoms with E-state index in [2.05, 4.69) is 43.3 Å². The summed E-state index contributed by atoms with van der Waals surface area (Å²) in [5, 5.41) is 6.82. The lowest BCUT2D eigenvalue weighted by Gasteiger charge is -2.52. The quantitative estimate of drug-likeness (QED) is 0.752. The molecule has 0 radical (unpaired) electrons. The van der Waals surface area contributed by atoms with E-state index in [4.69, 9.17) is 4.74 Å². The fraction of sp³-hybridized carbons (Fsp3) is 0.923. The molecule has 2 atom stereocenters. The summed E-state index contributed by atoms with van der Waals surface area (Å²) in [6, 6.07) is 0.468. The van der Waals surface area contributed by atoms with Crippen LogP contribution >= 0.6 is 24.0 Å². The number of aliphatic imine (C=N–C) groups is 1. The number of nitrogens with zero attached hydrogens (tertiary/aromatic N) is 1. The number of guanidine groups is 1. The van der Waals surface area contributed by atoms with Crippen LogP contribution in [0.3, 0.4) is 0 Å². The summed E-state index contributed by atoms with van der Waals surface area (Å²) in [7, 11) is 0. The van der Waals surface area contributed by atoms with Gasteiger partial charge in [0.2, 0.25) is 0 Å². The van der Waals surface area contributed by atoms with Crippen LogP contribution in [-0.4, -0.2) is 37.3 Å². The molecule has 5 heteroatoms. The molecule has 0 amide bonds. The molecular formula is C13H26IN3O. The lowest BCUT2D eigenvalue weighted by Crippen LogP contribution is -2.64. The summed E-state index contributed by atoms with van der Waals surface area (Å²) in [5.41, 5.74) is 0.186. The van der Waals surface area contributed by atoms with E-state index < -0.39 is 0 Å². The number of nitrogens with one attached hydrogen (secondary N) is 2. The van der Waals surface area contributed by atoms with Gasteiger partial charge in [-0.3, -0.25) is 4.99 Å². The Morgan fingerprint density at radius 2 is 2.17 bits per heavy atom. The highest BCUT2D eigenvalue weighted by atomic mass is 127. The molecular weight excluding hydrogens is 341 g/mol. The highest BCUT2D eigenvalue weighted by Gasteiger charge is 2.49. The normalized spacial score (nSPS) is 29.7. The maximum absolute atomic E-state index is 5.92. The molecule has 2 unspecified atom stereocenters. The molecule has 1 fully saturated rings. The van der Waals surface area contributed by atoms with Crippen LogP contribution in [0.1, 0.15) is 40.5 Å². The molecule has 2 aliphatic rings. The second-order valence-electron chi connectivity index (χ2n) is 5.94. The van der Waals surface area contributed by atoms with Crippen molar-refractivity contribution in [2.24, 2.45) is 10.4 Å². The Morgan fingerprint density at radius 3 is 2.67 bits per heavy atom. The third-order valence-corrected chi connectivity index (χ3v) is 3.82. The minimum atomic E-state index is 0. The van der Waals surface area contributed by atoms with Crippen LogP contribution in [0.25, 0.3) is 0 Å². The molecule has 0 aromatic carbocycles. The molecule has 1 aliphatic heterocycles. The Morgan fingerprint density at radius 1 is 1.44 bits per heavy atom. The maximum Gasteiger partial charge on any atom is 0.191 e. The number of ether oxygens (including phenoxy) is 1. The standard InChI is InChI=1S/C13H25N3O.HI/c1-9(2)17-11-8-10(13(11,3)4)16-12-14-6-5-7-15-12;/h9-11H,5-8H2,1-4H3,(H2,14,15,16);1H. The Kier molecular flexibility index (Phi) is 5.70. The zero-order chi connectivity index (χ0) is 12.5. The van der Waals surface area contributed by atoms with E-state index in [1.165, 1.54) is 0 Å². The highest BCUT2D eigenvalue weighted by molar-refractivity contribution is 14.0. The first-order valence-electron chi connectivity index (χ1n) is 6.70. The van der Waals surface area contributed by atoms with Crippen LogP contribution in [0.15, 0.2) is 4.99 Å². The number of rotatable bonds is 3. The molecule has 4 nitrogen and oxygen atoms in total. The summed E-state index contributed by atoms with van der Waals surface area (Å²) in [5.74, 6) is 0.970. The van der Waals surface area contributed by atoms with Crippen LogP contribution < -0.4 is 10.6 Å². The summed E-state index contributed by atoms with van der Waals surface area (Å²) in [6.45, 7) is 10.7. The van der Waals surface area contributed by atoms with Gasteiger partial charge in [0.15, 0.2) is 5.96 Å². The second-order valence-corrected chi connectivity index (χ2v) is 5.94. The van der Waals surface area contributed by atoms with E-state index in [1.54, 1.807) is 0 Å². The Hall–Kier alpha value is -0.0400. The van der Waals surface area contributed by atoms with E-state index in [0.29, 0.717) is 18.2 Å². The average molecular weight is 367 g/mol. The van der Waals surface area contributed by atoms with E-state index in [9.17, 15) is 0 Å². The van der Waals surface area contributed by atoms with Crippen molar-refractivity contribution in [3.8, 4) is 0 Å². The Balaban J connectivity index is 0.00000162. The van der Waals surface area contributed by atoms with Crippen molar-refractivity contribution in [3.05, 3.63) is 0 Å². The molecule has 0 aromatic rings. The van der Waals surface area contributed by atoms with Gasteiger partial charge < -0.3 is 15.4 Å². The number of halogens is 1. The van der Waals surface area contributed by atoms with Gasteiger partial charge in [0.05, 0.1) is 12.2 Å². The van der Waals surface area contributed by atoms with Crippen molar-refractivity contribution in [1.82, 2.24) is 10.6 Å². The van der Waals surface area contributed by atoms with Gasteiger partial charge in [0.1, 0.15) is 0 Å². The topological polar surface area (TPSA) is 45.6 Å². The van der Waals surface area contributed by atoms with Crippen molar-refractivity contribution in [2.45, 2.75) is 58.8 Å². The summed E-state index contributed by atoms with van der Waals surface area (Å²) in [6.07, 6.45) is 2.89. The van der Waals surface area contributed by atoms with Gasteiger partial charge in [0, 0.05) is 24.5 Å². The van der Waals surface area contributed by atoms with Crippen molar-refractivity contribution < 1.29 is 4.74 Å². The fourth-order valence-electron chi connectivity index (χ4n) is 2.48. The van der Waals surface area contributed by atoms with Gasteiger partial charge in [-0.1, -0.05) is 13.8 Å². The molecule has 0 aromatic heterocycles. The van der Waals surface area contributed by atoms with E-state index >= 15 is 0 Å². The molecule has 106 valence electrons. The van der Waals surface area contributed by atoms with Crippen LogP contribution in [-0.2, 0) is 4.74 Å². The SMILES string of the molecule is CC(C)OC1CC(NC2=NCCCN2)C1(C)C.I. The van der Waals surface area contributed by atoms with Crippen LogP contribution in [0.4, 0.5) is 0 Å². The van der Waals surface area contributed by atoms with E-state index in [1.807, 2.05) is 0 Å². The lowest BCUT2D eigenvalue weighted by molar-refractivity contribution is -0.134. The first-order chi connectivity index (χ1) is 8.00. The molecule has 1 heterocycles. The Bertz CT molecular complexity index is 305. The van der Waals surface area contributed by atoms with Crippen LogP contribution in [0, 0.1) is 5.41 Å². The van der Waals surface area contributed by atoms with Crippen LogP contribution in [0.2, 0.25) is 0 Å². The third kappa shape index (κ3) is 3.50. The molecule has 0 saturated heterocycles. The molecule has 0 spiro atoms. The highest BCUT2D eigenvalue weighted by Crippen LogP contribution is 2.43. The second kappa shape index (κ2) is 6.41. The molecule has 1 aliphatic carbocycles. The van der Waals surface area contributed by atoms with Gasteiger partial charge in [-0.05, 0) is 26.7 Å². The van der Waals surface area contributed by atoms with Gasteiger partial charge in [-0.15, -0.1) is 24.0 Å². The molecule has 2 N–H and O–H groups in total. The third-order valence-electron chi connectivity index (χ3n) is 3.82. The lowest BCUT2D eigenvalue weighted by atomic mass is 9.64. The van der Waals surface area contributed by atoms with Crippen molar-refractivity contribution in [3.63, 3.8) is 0 Å². The summed E-state index contributed by atoms with van der Waals surface area (Å²) < 4.78 is 5.92. The monoisotopic (exact) mass is 367 g/mol. The van der Waals surface area contributed by atoms with Gasteiger partial charge >= 0.3 is 0 Å². The fourth-order valence-corrected chi connectivity index (χ4v) is 2.48. The first kappa shape index (κ1) is 16.0. The zero-order valence-electron chi connectivity index (χ0n) is 11.8. The predicted octanol–water partition coefficient (Wildman–Crippen LogP) is 2.14. The Labute approximate surface area is 127 Å². The number of hydrogen-bond donors (Lipinski definition) is 2. The molecule has 18 heavy (non-hydrogen) atoms. The minimum absolute atomic E-state index is 0. The molecule has 1 saturated carbocycles. The van der Waals surface area contributed by atoms with Gasteiger partial charge in [0.25, 0.3) is 0 Å². The van der Waals surface area contributed by atoms with E-state index in [-0.39, 0.29) is 29.4 Å². The minimum Gasteiger partial charge on any atom is -0.375 e. The van der Waals surface area contributed by atoms with Crippen molar-refractivity contribution in [2.75, 3.05) is 13.1 Å². The maximum atomic E-state index is 5.92. The largest absolute Gasteiger partial charge is 0.375 e. The van der Waals surface area contributed by atoms with Crippen molar-refractivity contribution in [1.29, 1.82) is 0 Å². The first-order valence-corrected chi connectivity index (χ1v) is 6.70. The van der Waals surface area contributed by atoms with E-state index in [0.717, 1.165) is 31.9 Å². The smallest absolute Gasteiger partial charge is 0.191 e. The summed E-state index contributed by atoms with van der Waals surface area (Å²) in [4.78, 5) is 4.46.